The number of hydrogen-bond donors (Lipinski definition) is 1. The fourth-order valence-corrected chi connectivity index (χ4v) is 3.60. The van der Waals surface area contributed by atoms with Crippen LogP contribution in [0.3, 0.4) is 0 Å². The molecule has 2 aromatic rings. The van der Waals surface area contributed by atoms with Gasteiger partial charge in [-0.25, -0.2) is 4.79 Å². The van der Waals surface area contributed by atoms with E-state index in [4.69, 9.17) is 4.42 Å². The van der Waals surface area contributed by atoms with E-state index in [1.54, 1.807) is 0 Å². The first-order valence-corrected chi connectivity index (χ1v) is 10.1. The van der Waals surface area contributed by atoms with E-state index in [-0.39, 0.29) is 11.9 Å². The second kappa shape index (κ2) is 9.59. The molecule has 0 saturated carbocycles. The molecule has 7 heteroatoms. The average Bonchev–Trinajstić information content (AvgIpc) is 2.98. The largest absolute Gasteiger partial charge is 0.459 e. The summed E-state index contributed by atoms with van der Waals surface area (Å²) in [6, 6.07) is 9.68. The molecule has 0 radical (unpaired) electrons. The Morgan fingerprint density at radius 1 is 1.11 bits per heavy atom. The van der Waals surface area contributed by atoms with Gasteiger partial charge in [0.25, 0.3) is 0 Å². The third-order valence-electron chi connectivity index (χ3n) is 5.24. The Morgan fingerprint density at radius 2 is 1.89 bits per heavy atom. The molecular weight excluding hydrogens is 356 g/mol. The molecule has 28 heavy (non-hydrogen) atoms. The summed E-state index contributed by atoms with van der Waals surface area (Å²) in [7, 11) is 0. The zero-order valence-electron chi connectivity index (χ0n) is 16.8. The molecule has 0 unspecified atom stereocenters. The van der Waals surface area contributed by atoms with E-state index in [0.29, 0.717) is 32.7 Å². The minimum absolute atomic E-state index is 0.0858. The third kappa shape index (κ3) is 5.04. The van der Waals surface area contributed by atoms with Gasteiger partial charge in [-0.3, -0.25) is 9.69 Å². The quantitative estimate of drug-likeness (QED) is 0.828. The van der Waals surface area contributed by atoms with Gasteiger partial charge in [-0.05, 0) is 32.4 Å². The summed E-state index contributed by atoms with van der Waals surface area (Å²) < 4.78 is 5.75. The zero-order chi connectivity index (χ0) is 19.9. The molecule has 3 rings (SSSR count). The highest BCUT2D eigenvalue weighted by atomic mass is 16.3. The van der Waals surface area contributed by atoms with E-state index in [1.165, 1.54) is 0 Å². The number of para-hydroxylation sites is 1. The summed E-state index contributed by atoms with van der Waals surface area (Å²) in [6.07, 6.45) is 0.865. The summed E-state index contributed by atoms with van der Waals surface area (Å²) in [5.41, 5.74) is 0.829. The lowest BCUT2D eigenvalue weighted by molar-refractivity contribution is -0.132. The van der Waals surface area contributed by atoms with Gasteiger partial charge in [0.15, 0.2) is 0 Å². The van der Waals surface area contributed by atoms with Gasteiger partial charge in [-0.2, -0.15) is 0 Å². The fourth-order valence-electron chi connectivity index (χ4n) is 3.60. The molecule has 1 aliphatic rings. The Labute approximate surface area is 166 Å². The van der Waals surface area contributed by atoms with Crippen LogP contribution in [-0.4, -0.2) is 72.5 Å². The molecule has 152 valence electrons. The molecule has 0 aliphatic carbocycles. The number of furan rings is 1. The molecule has 0 atom stereocenters. The van der Waals surface area contributed by atoms with Crippen molar-refractivity contribution in [2.45, 2.75) is 26.8 Å². The van der Waals surface area contributed by atoms with Crippen molar-refractivity contribution < 1.29 is 14.0 Å². The van der Waals surface area contributed by atoms with E-state index >= 15 is 0 Å². The number of rotatable bonds is 6. The molecular formula is C21H30N4O3. The maximum absolute atomic E-state index is 12.5. The standard InChI is InChI=1S/C21H30N4O3/c1-3-24(4-2)20(26)16-23-10-7-11-25(13-12-23)21(27)22-15-18-14-17-8-5-6-9-19(17)28-18/h5-6,8-9,14H,3-4,7,10-13,15-16H2,1-2H3,(H,22,27). The maximum atomic E-state index is 12.5. The number of nitrogens with one attached hydrogen (secondary N) is 1. The number of likely N-dealkylation sites (N-methyl/N-ethyl adjacent to an activating group) is 1. The molecule has 1 N–H and O–H groups in total. The molecule has 3 amide bonds. The Balaban J connectivity index is 1.47. The Kier molecular flexibility index (Phi) is 6.92. The molecule has 1 saturated heterocycles. The van der Waals surface area contributed by atoms with Crippen LogP contribution in [0.2, 0.25) is 0 Å². The first kappa shape index (κ1) is 20.2. The monoisotopic (exact) mass is 386 g/mol. The van der Waals surface area contributed by atoms with Crippen molar-refractivity contribution in [1.82, 2.24) is 20.0 Å². The smallest absolute Gasteiger partial charge is 0.317 e. The van der Waals surface area contributed by atoms with E-state index < -0.39 is 0 Å². The van der Waals surface area contributed by atoms with Gasteiger partial charge in [-0.1, -0.05) is 18.2 Å². The van der Waals surface area contributed by atoms with Gasteiger partial charge in [0, 0.05) is 44.7 Å². The van der Waals surface area contributed by atoms with Crippen LogP contribution < -0.4 is 5.32 Å². The van der Waals surface area contributed by atoms with Gasteiger partial charge < -0.3 is 19.5 Å². The van der Waals surface area contributed by atoms with Gasteiger partial charge in [0.2, 0.25) is 5.91 Å². The SMILES string of the molecule is CCN(CC)C(=O)CN1CCCN(C(=O)NCc2cc3ccccc3o2)CC1. The van der Waals surface area contributed by atoms with E-state index in [9.17, 15) is 9.59 Å². The summed E-state index contributed by atoms with van der Waals surface area (Å²) in [5, 5.41) is 3.99. The number of amides is 3. The summed E-state index contributed by atoms with van der Waals surface area (Å²) in [4.78, 5) is 30.7. The number of benzene rings is 1. The first-order chi connectivity index (χ1) is 13.6. The highest BCUT2D eigenvalue weighted by molar-refractivity contribution is 5.79. The van der Waals surface area contributed by atoms with Gasteiger partial charge in [-0.15, -0.1) is 0 Å². The van der Waals surface area contributed by atoms with E-state index in [2.05, 4.69) is 10.2 Å². The van der Waals surface area contributed by atoms with Crippen LogP contribution in [0.15, 0.2) is 34.7 Å². The summed E-state index contributed by atoms with van der Waals surface area (Å²) in [5.74, 6) is 0.906. The van der Waals surface area contributed by atoms with Crippen molar-refractivity contribution in [2.24, 2.45) is 0 Å². The number of carbonyl (C=O) groups excluding carboxylic acids is 2. The van der Waals surface area contributed by atoms with Crippen LogP contribution in [0.1, 0.15) is 26.0 Å². The van der Waals surface area contributed by atoms with Gasteiger partial charge in [0.1, 0.15) is 11.3 Å². The highest BCUT2D eigenvalue weighted by Gasteiger charge is 2.21. The second-order valence-electron chi connectivity index (χ2n) is 7.09. The van der Waals surface area contributed by atoms with Gasteiger partial charge in [0.05, 0.1) is 13.1 Å². The minimum Gasteiger partial charge on any atom is -0.459 e. The van der Waals surface area contributed by atoms with Crippen molar-refractivity contribution >= 4 is 22.9 Å². The van der Waals surface area contributed by atoms with Crippen molar-refractivity contribution in [2.75, 3.05) is 45.8 Å². The molecule has 7 nitrogen and oxygen atoms in total. The zero-order valence-corrected chi connectivity index (χ0v) is 16.8. The number of nitrogens with zero attached hydrogens (tertiary/aromatic N) is 3. The maximum Gasteiger partial charge on any atom is 0.317 e. The predicted octanol–water partition coefficient (Wildman–Crippen LogP) is 2.52. The average molecular weight is 386 g/mol. The number of hydrogen-bond acceptors (Lipinski definition) is 4. The summed E-state index contributed by atoms with van der Waals surface area (Å²) >= 11 is 0. The van der Waals surface area contributed by atoms with Crippen LogP contribution in [0.4, 0.5) is 4.79 Å². The highest BCUT2D eigenvalue weighted by Crippen LogP contribution is 2.18. The van der Waals surface area contributed by atoms with Crippen molar-refractivity contribution in [1.29, 1.82) is 0 Å². The molecule has 0 spiro atoms. The Hall–Kier alpha value is -2.54. The van der Waals surface area contributed by atoms with Crippen LogP contribution >= 0.6 is 0 Å². The molecule has 2 heterocycles. The lowest BCUT2D eigenvalue weighted by Gasteiger charge is -2.25. The van der Waals surface area contributed by atoms with E-state index in [1.807, 2.05) is 54.0 Å². The Bertz CT molecular complexity index is 767. The number of fused-ring (bicyclic) bond motifs is 1. The third-order valence-corrected chi connectivity index (χ3v) is 5.24. The van der Waals surface area contributed by atoms with Crippen molar-refractivity contribution in [3.8, 4) is 0 Å². The number of urea groups is 1. The molecule has 1 aliphatic heterocycles. The van der Waals surface area contributed by atoms with Crippen LogP contribution in [0, 0.1) is 0 Å². The lowest BCUT2D eigenvalue weighted by atomic mass is 10.2. The van der Waals surface area contributed by atoms with Gasteiger partial charge >= 0.3 is 6.03 Å². The predicted molar refractivity (Wildman–Crippen MR) is 109 cm³/mol. The lowest BCUT2D eigenvalue weighted by Crippen LogP contribution is -2.43. The fraction of sp³-hybridized carbons (Fsp3) is 0.524. The molecule has 1 fully saturated rings. The minimum atomic E-state index is -0.0858. The Morgan fingerprint density at radius 3 is 2.64 bits per heavy atom. The topological polar surface area (TPSA) is 69.0 Å². The normalized spacial score (nSPS) is 15.4. The van der Waals surface area contributed by atoms with Crippen molar-refractivity contribution in [3.63, 3.8) is 0 Å². The van der Waals surface area contributed by atoms with Crippen LogP contribution in [0.25, 0.3) is 11.0 Å². The molecule has 1 aromatic carbocycles. The van der Waals surface area contributed by atoms with Crippen LogP contribution in [-0.2, 0) is 11.3 Å². The molecule has 0 bridgehead atoms. The molecule has 1 aromatic heterocycles. The van der Waals surface area contributed by atoms with Crippen LogP contribution in [0.5, 0.6) is 0 Å². The summed E-state index contributed by atoms with van der Waals surface area (Å²) in [6.45, 7) is 9.13. The first-order valence-electron chi connectivity index (χ1n) is 10.1. The van der Waals surface area contributed by atoms with E-state index in [0.717, 1.165) is 42.8 Å². The number of carbonyl (C=O) groups is 2. The second-order valence-corrected chi connectivity index (χ2v) is 7.09. The van der Waals surface area contributed by atoms with Crippen molar-refractivity contribution in [3.05, 3.63) is 36.1 Å².